The maximum Gasteiger partial charge on any atom is 4.00 e. The van der Waals surface area contributed by atoms with Crippen molar-refractivity contribution < 1.29 is 103 Å². The third kappa shape index (κ3) is 19.4. The van der Waals surface area contributed by atoms with E-state index in [1.807, 2.05) is 84.9 Å². The van der Waals surface area contributed by atoms with E-state index in [1.54, 1.807) is 11.1 Å². The van der Waals surface area contributed by atoms with E-state index in [-0.39, 0.29) is 107 Å². The van der Waals surface area contributed by atoms with E-state index in [9.17, 15) is 0 Å². The molecule has 0 amide bonds. The molecule has 0 atom stereocenters. The van der Waals surface area contributed by atoms with Gasteiger partial charge in [-0.25, -0.2) is 0 Å². The molecule has 9 fully saturated rings. The molecule has 13 aliphatic rings. The van der Waals surface area contributed by atoms with Gasteiger partial charge in [-0.3, -0.25) is 9.80 Å². The summed E-state index contributed by atoms with van der Waals surface area (Å²) in [5.74, 6) is 4.84. The number of fused-ring (bicyclic) bond motifs is 4. The summed E-state index contributed by atoms with van der Waals surface area (Å²) >= 11 is 0. The smallest absolute Gasteiger partial charge is 0.448 e. The number of ether oxygens (including phenoxy) is 4. The molecule has 0 unspecified atom stereocenters. The molecule has 0 aromatic heterocycles. The van der Waals surface area contributed by atoms with Gasteiger partial charge in [-0.1, -0.05) is 60.7 Å². The number of para-hydroxylation sites is 2. The number of likely N-dealkylation sites (tertiary alicyclic amines) is 6. The largest absolute Gasteiger partial charge is 4.00 e. The van der Waals surface area contributed by atoms with Gasteiger partial charge in [0.05, 0.1) is 25.0 Å². The van der Waals surface area contributed by atoms with Gasteiger partial charge in [0, 0.05) is 174 Å². The molecular weight excluding hydrogens is 2220 g/mol. The third-order valence-electron chi connectivity index (χ3n) is 27.2. The number of piperidine rings is 8. The summed E-state index contributed by atoms with van der Waals surface area (Å²) in [4.78, 5) is 20.9. The van der Waals surface area contributed by atoms with Crippen molar-refractivity contribution in [3.8, 4) is 22.6 Å². The minimum absolute atomic E-state index is 0. The monoisotopic (exact) mass is 2320 g/mol. The molecule has 121 heavy (non-hydrogen) atoms. The van der Waals surface area contributed by atoms with Gasteiger partial charge >= 0.3 is 84.3 Å². The SMILES string of the molecule is [Pt+4].[Pt+4].[Pt+4].[Pt+4].[c-]1c2cccc1CN1CC3CC(C1)CN(Cc1[c-]c(ccc1)C2)C3.[c-]1ccccc1CN1CC2CN(Cc3[c-]cccc3)CC(C1)C21OCCO1.[c-]1ccccc1CN1CC2CN(Cc3[c-]cccc3)CC(C1)C21Oc2ccccc2O1.[c-]1ccccc1CN1CC2CN(Cc3[c-]cccc3)CC(C1)C21c2ccccc2-c2ccccc21. The Morgan fingerprint density at radius 2 is 0.562 bits per heavy atom. The number of benzene rings is 11. The van der Waals surface area contributed by atoms with Crippen molar-refractivity contribution in [2.75, 3.05) is 118 Å². The predicted molar refractivity (Wildman–Crippen MR) is 458 cm³/mol. The second kappa shape index (κ2) is 39.9. The fourth-order valence-electron chi connectivity index (χ4n) is 22.9. The minimum Gasteiger partial charge on any atom is -0.448 e. The fraction of sp³-hybridized carbons (Fsp3) is 0.371. The van der Waals surface area contributed by atoms with Gasteiger partial charge < -0.3 is 48.3 Å². The van der Waals surface area contributed by atoms with Crippen LogP contribution in [0.4, 0.5) is 0 Å². The zero-order valence-electron chi connectivity index (χ0n) is 68.6. The van der Waals surface area contributed by atoms with Gasteiger partial charge in [0.1, 0.15) is 0 Å². The molecule has 0 saturated carbocycles. The van der Waals surface area contributed by atoms with Gasteiger partial charge in [-0.2, -0.15) is 242 Å². The Labute approximate surface area is 775 Å². The minimum atomic E-state index is -0.558. The van der Waals surface area contributed by atoms with Crippen LogP contribution >= 0.6 is 0 Å². The van der Waals surface area contributed by atoms with Crippen LogP contribution in [0.25, 0.3) is 11.1 Å². The summed E-state index contributed by atoms with van der Waals surface area (Å²) in [6.07, 6.45) is 2.35. The van der Waals surface area contributed by atoms with E-state index < -0.39 is 5.79 Å². The topological polar surface area (TPSA) is 62.8 Å². The molecule has 11 aromatic carbocycles. The van der Waals surface area contributed by atoms with Crippen molar-refractivity contribution in [1.82, 2.24) is 39.2 Å². The summed E-state index contributed by atoms with van der Waals surface area (Å²) in [6, 6.07) is 118. The first-order chi connectivity index (χ1) is 57.7. The van der Waals surface area contributed by atoms with Crippen LogP contribution in [-0.2, 0) is 158 Å². The number of hydrogen-bond donors (Lipinski definition) is 0. The quantitative estimate of drug-likeness (QED) is 0.110. The summed E-state index contributed by atoms with van der Waals surface area (Å²) in [6.45, 7) is 26.5. The molecular formula is C105H106N8O4Pt4+8. The zero-order valence-corrected chi connectivity index (χ0v) is 77.7. The van der Waals surface area contributed by atoms with Crippen LogP contribution in [0.5, 0.6) is 11.5 Å². The normalized spacial score (nSPS) is 25.3. The van der Waals surface area contributed by atoms with E-state index in [4.69, 9.17) is 18.9 Å². The number of rotatable bonds is 12. The Morgan fingerprint density at radius 3 is 0.876 bits per heavy atom. The van der Waals surface area contributed by atoms with Gasteiger partial charge in [0.15, 0.2) is 17.3 Å². The van der Waals surface area contributed by atoms with E-state index in [0.29, 0.717) is 23.7 Å². The summed E-state index contributed by atoms with van der Waals surface area (Å²) in [5, 5.41) is 0. The molecule has 24 rings (SSSR count). The Bertz CT molecular complexity index is 4780. The van der Waals surface area contributed by atoms with E-state index in [0.717, 1.165) is 174 Å². The Balaban J connectivity index is 0.000000120. The van der Waals surface area contributed by atoms with Crippen LogP contribution in [0, 0.1) is 95.9 Å². The van der Waals surface area contributed by atoms with E-state index in [2.05, 4.69) is 258 Å². The van der Waals surface area contributed by atoms with Crippen LogP contribution in [0.1, 0.15) is 73.2 Å². The van der Waals surface area contributed by atoms with E-state index in [1.165, 1.54) is 99.4 Å². The molecule has 12 aliphatic heterocycles. The Hall–Kier alpha value is -6.63. The molecule has 9 saturated heterocycles. The summed E-state index contributed by atoms with van der Waals surface area (Å²) < 4.78 is 25.7. The van der Waals surface area contributed by atoms with Crippen molar-refractivity contribution >= 4 is 0 Å². The van der Waals surface area contributed by atoms with Gasteiger partial charge in [-0.15, -0.1) is 44.5 Å². The van der Waals surface area contributed by atoms with Crippen molar-refractivity contribution in [1.29, 1.82) is 0 Å². The number of nitrogens with zero attached hydrogens (tertiary/aromatic N) is 8. The van der Waals surface area contributed by atoms with Gasteiger partial charge in [0.25, 0.3) is 5.79 Å². The summed E-state index contributed by atoms with van der Waals surface area (Å²) in [7, 11) is 0. The van der Waals surface area contributed by atoms with Crippen LogP contribution < -0.4 is 9.47 Å². The Morgan fingerprint density at radius 1 is 0.281 bits per heavy atom. The second-order valence-corrected chi connectivity index (χ2v) is 35.4. The molecule has 14 bridgehead atoms. The van der Waals surface area contributed by atoms with Crippen molar-refractivity contribution in [2.24, 2.45) is 47.3 Å². The maximum atomic E-state index is 6.61. The summed E-state index contributed by atoms with van der Waals surface area (Å²) in [5.41, 5.74) is 19.0. The number of hydrogen-bond acceptors (Lipinski definition) is 12. The molecule has 622 valence electrons. The first-order valence-electron chi connectivity index (χ1n) is 43.2. The molecule has 1 aliphatic carbocycles. The van der Waals surface area contributed by atoms with Crippen LogP contribution in [0.2, 0.25) is 0 Å². The zero-order chi connectivity index (χ0) is 78.0. The maximum absolute atomic E-state index is 6.61. The van der Waals surface area contributed by atoms with E-state index >= 15 is 0 Å². The average molecular weight is 2320 g/mol. The molecule has 12 heterocycles. The first kappa shape index (κ1) is 87.8. The van der Waals surface area contributed by atoms with Crippen LogP contribution in [0.15, 0.2) is 255 Å². The molecule has 12 nitrogen and oxygen atoms in total. The second-order valence-electron chi connectivity index (χ2n) is 35.4. The van der Waals surface area contributed by atoms with Crippen LogP contribution in [0.3, 0.4) is 0 Å². The predicted octanol–water partition coefficient (Wildman–Crippen LogP) is 15.6. The van der Waals surface area contributed by atoms with Gasteiger partial charge in [0.2, 0.25) is 0 Å². The molecule has 16 heteroatoms. The third-order valence-corrected chi connectivity index (χ3v) is 27.2. The first-order valence-corrected chi connectivity index (χ1v) is 43.2. The van der Waals surface area contributed by atoms with Crippen LogP contribution in [-0.4, -0.2) is 169 Å². The Kier molecular flexibility index (Phi) is 29.0. The average Bonchev–Trinajstić information content (AvgIpc) is 1.54. The molecule has 3 spiro atoms. The molecule has 0 radical (unpaired) electrons. The molecule has 11 aromatic rings. The van der Waals surface area contributed by atoms with Crippen molar-refractivity contribution in [3.05, 3.63) is 370 Å². The standard InChI is InChI=1S/C33H30N2.C27H26N2O2.C23H26N2O2.C22H24N2.4Pt/c1-3-11-25(12-4-1)19-34-21-27-23-35(20-26-13-5-2-6-14-26)24-28(22-34)33(27)31-17-9-7-15-29(31)30-16-8-10-18-32(30)33;1-3-9-21(10-4-1)15-28-17-23-19-29(16-22-11-5-2-6-12-22)20-24(18-28)27(23)30-25-13-7-8-14-26(25)31-27;1-3-7-19(8-4-1)13-24-15-21-17-25(14-20-9-5-2-6-10-20)18-22(16-24)23(21)26-11-12-27-23;1-3-17-7-18-4-2-6-20(9-18)12-24-15-21-10-22(16-24)14-23(13-21)11-19(5-1)8-17;;;;/h1-11,13,15-18,27-28H,19-24H2;1-9,11,13-14,23-24H,15-20H2;1-7,9,21-22H,11-18H2;1-6,21-22H,7,10-16H2;;;;/q4*-2;4*+4. The fourth-order valence-corrected chi connectivity index (χ4v) is 22.9. The van der Waals surface area contributed by atoms with Gasteiger partial charge in [-0.05, 0) is 70.9 Å². The van der Waals surface area contributed by atoms with Crippen molar-refractivity contribution in [3.63, 3.8) is 0 Å². The van der Waals surface area contributed by atoms with Crippen molar-refractivity contribution in [2.45, 2.75) is 82.2 Å². The molecule has 0 N–H and O–H groups in total.